The second-order valence-electron chi connectivity index (χ2n) is 8.55. The molecule has 184 valence electrons. The summed E-state index contributed by atoms with van der Waals surface area (Å²) in [4.78, 5) is 36.0. The third-order valence-corrected chi connectivity index (χ3v) is 6.04. The third kappa shape index (κ3) is 4.11. The molecule has 3 heterocycles. The number of aromatic nitrogens is 5. The standard InChI is InChI=1S/C26H25N5O5/c1-15(32)13-31-24-22(25(33)29-26(31)34)30(2)23(28-24)17-7-8-20(21(11-17)35-3)36-14-18-6-4-5-16-9-10-27-12-19(16)18/h4-12,15,32H,13-14H2,1-3H3,(H,29,33,34). The molecule has 0 aliphatic heterocycles. The Kier molecular flexibility index (Phi) is 6.03. The van der Waals surface area contributed by atoms with Crippen LogP contribution < -0.4 is 20.7 Å². The van der Waals surface area contributed by atoms with Crippen molar-refractivity contribution in [2.45, 2.75) is 26.2 Å². The van der Waals surface area contributed by atoms with Gasteiger partial charge in [-0.15, -0.1) is 0 Å². The van der Waals surface area contributed by atoms with Crippen LogP contribution in [-0.4, -0.2) is 42.4 Å². The molecule has 5 rings (SSSR count). The van der Waals surface area contributed by atoms with Crippen LogP contribution >= 0.6 is 0 Å². The van der Waals surface area contributed by atoms with Gasteiger partial charge in [0.15, 0.2) is 22.7 Å². The highest BCUT2D eigenvalue weighted by Gasteiger charge is 2.19. The number of aliphatic hydroxyl groups excluding tert-OH is 1. The first-order valence-electron chi connectivity index (χ1n) is 11.4. The van der Waals surface area contributed by atoms with Gasteiger partial charge in [0.05, 0.1) is 19.8 Å². The number of aryl methyl sites for hydroxylation is 1. The summed E-state index contributed by atoms with van der Waals surface area (Å²) in [5.74, 6) is 1.50. The fourth-order valence-corrected chi connectivity index (χ4v) is 4.32. The Morgan fingerprint density at radius 2 is 1.97 bits per heavy atom. The Bertz CT molecular complexity index is 1690. The zero-order chi connectivity index (χ0) is 25.4. The van der Waals surface area contributed by atoms with Gasteiger partial charge >= 0.3 is 5.69 Å². The molecular weight excluding hydrogens is 462 g/mol. The molecule has 2 N–H and O–H groups in total. The minimum Gasteiger partial charge on any atom is -0.493 e. The number of methoxy groups -OCH3 is 1. The van der Waals surface area contributed by atoms with E-state index >= 15 is 0 Å². The topological polar surface area (TPSA) is 124 Å². The van der Waals surface area contributed by atoms with Crippen LogP contribution in [0.4, 0.5) is 0 Å². The first-order chi connectivity index (χ1) is 17.4. The quantitative estimate of drug-likeness (QED) is 0.362. The summed E-state index contributed by atoms with van der Waals surface area (Å²) in [6.45, 7) is 1.89. The van der Waals surface area contributed by atoms with Crippen LogP contribution in [0.2, 0.25) is 0 Å². The van der Waals surface area contributed by atoms with E-state index in [-0.39, 0.29) is 17.7 Å². The number of H-pyrrole nitrogens is 1. The molecule has 36 heavy (non-hydrogen) atoms. The Balaban J connectivity index is 1.52. The second-order valence-corrected chi connectivity index (χ2v) is 8.55. The lowest BCUT2D eigenvalue weighted by atomic mass is 10.1. The maximum atomic E-state index is 12.6. The summed E-state index contributed by atoms with van der Waals surface area (Å²) in [7, 11) is 3.25. The Labute approximate surface area is 205 Å². The number of pyridine rings is 1. The molecule has 0 amide bonds. The van der Waals surface area contributed by atoms with E-state index < -0.39 is 17.4 Å². The maximum Gasteiger partial charge on any atom is 0.330 e. The van der Waals surface area contributed by atoms with Crippen LogP contribution in [0.5, 0.6) is 11.5 Å². The highest BCUT2D eigenvalue weighted by atomic mass is 16.5. The minimum atomic E-state index is -0.795. The number of aliphatic hydroxyl groups is 1. The first kappa shape index (κ1) is 23.3. The van der Waals surface area contributed by atoms with E-state index in [1.807, 2.05) is 36.5 Å². The molecule has 1 atom stereocenters. The van der Waals surface area contributed by atoms with Crippen molar-refractivity contribution in [3.05, 3.63) is 81.3 Å². The molecule has 0 radical (unpaired) electrons. The van der Waals surface area contributed by atoms with Gasteiger partial charge in [0.25, 0.3) is 5.56 Å². The molecule has 0 spiro atoms. The Hall–Kier alpha value is -4.44. The van der Waals surface area contributed by atoms with Crippen molar-refractivity contribution in [1.29, 1.82) is 0 Å². The SMILES string of the molecule is COc1cc(-c2nc3c(c(=O)[nH]c(=O)n3CC(C)O)n2C)ccc1OCc1cccc2ccncc12. The lowest BCUT2D eigenvalue weighted by Gasteiger charge is -2.13. The van der Waals surface area contributed by atoms with Crippen LogP contribution in [0, 0.1) is 0 Å². The molecule has 0 saturated heterocycles. The monoisotopic (exact) mass is 487 g/mol. The molecule has 10 nitrogen and oxygen atoms in total. The predicted octanol–water partition coefficient (Wildman–Crippen LogP) is 2.61. The number of nitrogens with zero attached hydrogens (tertiary/aromatic N) is 4. The van der Waals surface area contributed by atoms with Crippen molar-refractivity contribution in [2.75, 3.05) is 7.11 Å². The molecule has 0 fully saturated rings. The zero-order valence-corrected chi connectivity index (χ0v) is 20.1. The number of imidazole rings is 1. The summed E-state index contributed by atoms with van der Waals surface area (Å²) >= 11 is 0. The highest BCUT2D eigenvalue weighted by molar-refractivity contribution is 5.84. The molecule has 0 aliphatic rings. The van der Waals surface area contributed by atoms with Crippen LogP contribution in [0.25, 0.3) is 33.3 Å². The minimum absolute atomic E-state index is 0.00234. The molecule has 10 heteroatoms. The van der Waals surface area contributed by atoms with Crippen LogP contribution in [0.15, 0.2) is 64.4 Å². The number of nitrogens with one attached hydrogen (secondary N) is 1. The van der Waals surface area contributed by atoms with Crippen LogP contribution in [0.1, 0.15) is 12.5 Å². The number of benzene rings is 2. The van der Waals surface area contributed by atoms with E-state index in [0.29, 0.717) is 29.5 Å². The zero-order valence-electron chi connectivity index (χ0n) is 20.1. The van der Waals surface area contributed by atoms with Crippen molar-refractivity contribution in [3.63, 3.8) is 0 Å². The largest absolute Gasteiger partial charge is 0.493 e. The van der Waals surface area contributed by atoms with Crippen molar-refractivity contribution in [2.24, 2.45) is 7.05 Å². The van der Waals surface area contributed by atoms with E-state index in [4.69, 9.17) is 9.47 Å². The number of ether oxygens (including phenoxy) is 2. The van der Waals surface area contributed by atoms with Crippen LogP contribution in [0.3, 0.4) is 0 Å². The van der Waals surface area contributed by atoms with Crippen molar-refractivity contribution < 1.29 is 14.6 Å². The van der Waals surface area contributed by atoms with Gasteiger partial charge in [0, 0.05) is 30.4 Å². The molecule has 0 bridgehead atoms. The molecule has 0 aliphatic carbocycles. The molecule has 5 aromatic rings. The van der Waals surface area contributed by atoms with Crippen molar-refractivity contribution >= 4 is 21.9 Å². The Morgan fingerprint density at radius 3 is 2.75 bits per heavy atom. The fraction of sp³-hybridized carbons (Fsp3) is 0.231. The van der Waals surface area contributed by atoms with Gasteiger partial charge in [0.2, 0.25) is 0 Å². The number of hydrogen-bond acceptors (Lipinski definition) is 7. The average molecular weight is 488 g/mol. The highest BCUT2D eigenvalue weighted by Crippen LogP contribution is 2.33. The van der Waals surface area contributed by atoms with Gasteiger partial charge in [-0.05, 0) is 42.1 Å². The molecule has 2 aromatic carbocycles. The van der Waals surface area contributed by atoms with Gasteiger partial charge in [-0.2, -0.15) is 0 Å². The van der Waals surface area contributed by atoms with Gasteiger partial charge in [-0.1, -0.05) is 18.2 Å². The lowest BCUT2D eigenvalue weighted by Crippen LogP contribution is -2.33. The van der Waals surface area contributed by atoms with Gasteiger partial charge in [0.1, 0.15) is 12.4 Å². The predicted molar refractivity (Wildman–Crippen MR) is 135 cm³/mol. The maximum absolute atomic E-state index is 12.6. The molecular formula is C26H25N5O5. The third-order valence-electron chi connectivity index (χ3n) is 6.04. The van der Waals surface area contributed by atoms with E-state index in [2.05, 4.69) is 15.0 Å². The number of hydrogen-bond donors (Lipinski definition) is 2. The normalized spacial score (nSPS) is 12.2. The number of fused-ring (bicyclic) bond motifs is 2. The van der Waals surface area contributed by atoms with E-state index in [9.17, 15) is 14.7 Å². The number of aromatic amines is 1. The molecule has 0 saturated carbocycles. The molecule has 3 aromatic heterocycles. The fourth-order valence-electron chi connectivity index (χ4n) is 4.32. The number of rotatable bonds is 7. The van der Waals surface area contributed by atoms with Crippen LogP contribution in [-0.2, 0) is 20.2 Å². The summed E-state index contributed by atoms with van der Waals surface area (Å²) in [5.41, 5.74) is 0.929. The van der Waals surface area contributed by atoms with E-state index in [0.717, 1.165) is 16.3 Å². The summed E-state index contributed by atoms with van der Waals surface area (Å²) < 4.78 is 14.6. The average Bonchev–Trinajstić information content (AvgIpc) is 3.22. The van der Waals surface area contributed by atoms with Gasteiger partial charge in [-0.3, -0.25) is 19.3 Å². The van der Waals surface area contributed by atoms with Crippen molar-refractivity contribution in [1.82, 2.24) is 24.1 Å². The van der Waals surface area contributed by atoms with Gasteiger partial charge < -0.3 is 19.1 Å². The molecule has 1 unspecified atom stereocenters. The van der Waals surface area contributed by atoms with Crippen molar-refractivity contribution in [3.8, 4) is 22.9 Å². The summed E-state index contributed by atoms with van der Waals surface area (Å²) in [5, 5.41) is 11.9. The van der Waals surface area contributed by atoms with Gasteiger partial charge in [-0.25, -0.2) is 9.78 Å². The summed E-state index contributed by atoms with van der Waals surface area (Å²) in [6, 6.07) is 13.3. The lowest BCUT2D eigenvalue weighted by molar-refractivity contribution is 0.173. The Morgan fingerprint density at radius 1 is 1.14 bits per heavy atom. The van der Waals surface area contributed by atoms with E-state index in [1.54, 1.807) is 44.0 Å². The summed E-state index contributed by atoms with van der Waals surface area (Å²) in [6.07, 6.45) is 2.78. The second kappa shape index (κ2) is 9.31. The van der Waals surface area contributed by atoms with E-state index in [1.165, 1.54) is 4.57 Å². The smallest absolute Gasteiger partial charge is 0.330 e. The first-order valence-corrected chi connectivity index (χ1v) is 11.4.